The minimum absolute atomic E-state index is 0.0630. The predicted molar refractivity (Wildman–Crippen MR) is 97.3 cm³/mol. The number of nitrogens with zero attached hydrogens (tertiary/aromatic N) is 2. The van der Waals surface area contributed by atoms with Gasteiger partial charge in [-0.05, 0) is 25.1 Å². The number of hydrogen-bond acceptors (Lipinski definition) is 5. The van der Waals surface area contributed by atoms with Crippen molar-refractivity contribution in [3.8, 4) is 5.75 Å². The third kappa shape index (κ3) is 4.84. The fraction of sp³-hybridized carbons (Fsp3) is 0.611. The molecule has 2 N–H and O–H groups in total. The molecule has 1 aromatic carbocycles. The van der Waals surface area contributed by atoms with Gasteiger partial charge in [0.05, 0.1) is 12.3 Å². The predicted octanol–water partition coefficient (Wildman–Crippen LogP) is 1.22. The van der Waals surface area contributed by atoms with Crippen LogP contribution in [-0.2, 0) is 4.74 Å². The molecule has 1 unspecified atom stereocenters. The summed E-state index contributed by atoms with van der Waals surface area (Å²) in [4.78, 5) is 17.0. The molecule has 1 atom stereocenters. The Hall–Kier alpha value is -1.83. The van der Waals surface area contributed by atoms with Crippen LogP contribution in [0.4, 0.5) is 10.5 Å². The molecule has 7 heteroatoms. The Morgan fingerprint density at radius 1 is 1.24 bits per heavy atom. The number of carbonyl (C=O) groups is 1. The molecule has 0 aliphatic carbocycles. The van der Waals surface area contributed by atoms with E-state index in [1.807, 2.05) is 29.2 Å². The smallest absolute Gasteiger partial charge is 0.322 e. The summed E-state index contributed by atoms with van der Waals surface area (Å²) in [6, 6.07) is 8.07. The van der Waals surface area contributed by atoms with Crippen LogP contribution < -0.4 is 15.4 Å². The molecular weight excluding hydrogens is 320 g/mol. The Bertz CT molecular complexity index is 555. The van der Waals surface area contributed by atoms with Gasteiger partial charge in [-0.25, -0.2) is 4.79 Å². The van der Waals surface area contributed by atoms with Gasteiger partial charge < -0.3 is 25.0 Å². The standard InChI is InChI=1S/C18H28N4O3/c1-24-12-13-25-17-5-3-2-4-16(17)20-18(23)22-10-8-21(9-11-22)15-6-7-19-14-15/h2-5,15,19H,6-14H2,1H3,(H,20,23). The van der Waals surface area contributed by atoms with E-state index >= 15 is 0 Å². The molecule has 2 fully saturated rings. The Kier molecular flexibility index (Phi) is 6.49. The largest absolute Gasteiger partial charge is 0.489 e. The Morgan fingerprint density at radius 2 is 2.04 bits per heavy atom. The van der Waals surface area contributed by atoms with Gasteiger partial charge in [-0.1, -0.05) is 12.1 Å². The molecule has 0 spiro atoms. The first-order valence-corrected chi connectivity index (χ1v) is 8.99. The number of nitrogens with one attached hydrogen (secondary N) is 2. The number of piperazine rings is 1. The molecular formula is C18H28N4O3. The number of methoxy groups -OCH3 is 1. The van der Waals surface area contributed by atoms with Crippen molar-refractivity contribution in [1.82, 2.24) is 15.1 Å². The molecule has 7 nitrogen and oxygen atoms in total. The number of amides is 2. The third-order valence-corrected chi connectivity index (χ3v) is 4.83. The van der Waals surface area contributed by atoms with Gasteiger partial charge in [0.1, 0.15) is 12.4 Å². The van der Waals surface area contributed by atoms with E-state index in [2.05, 4.69) is 15.5 Å². The minimum atomic E-state index is -0.0630. The van der Waals surface area contributed by atoms with Gasteiger partial charge in [-0.2, -0.15) is 0 Å². The van der Waals surface area contributed by atoms with Crippen LogP contribution in [0.1, 0.15) is 6.42 Å². The Labute approximate surface area is 149 Å². The summed E-state index contributed by atoms with van der Waals surface area (Å²) in [6.07, 6.45) is 1.21. The molecule has 0 aromatic heterocycles. The van der Waals surface area contributed by atoms with E-state index in [-0.39, 0.29) is 6.03 Å². The second-order valence-electron chi connectivity index (χ2n) is 6.44. The fourth-order valence-corrected chi connectivity index (χ4v) is 3.37. The Morgan fingerprint density at radius 3 is 2.76 bits per heavy atom. The summed E-state index contributed by atoms with van der Waals surface area (Å²) in [7, 11) is 1.64. The van der Waals surface area contributed by atoms with Crippen LogP contribution in [0.15, 0.2) is 24.3 Å². The van der Waals surface area contributed by atoms with E-state index < -0.39 is 0 Å². The molecule has 2 saturated heterocycles. The zero-order chi connectivity index (χ0) is 17.5. The van der Waals surface area contributed by atoms with Crippen LogP contribution in [-0.4, -0.2) is 81.5 Å². The number of carbonyl (C=O) groups excluding carboxylic acids is 1. The van der Waals surface area contributed by atoms with Crippen molar-refractivity contribution in [3.63, 3.8) is 0 Å². The summed E-state index contributed by atoms with van der Waals surface area (Å²) in [5.74, 6) is 0.670. The van der Waals surface area contributed by atoms with Crippen molar-refractivity contribution in [3.05, 3.63) is 24.3 Å². The van der Waals surface area contributed by atoms with E-state index in [0.717, 1.165) is 39.3 Å². The molecule has 138 valence electrons. The maximum atomic E-state index is 12.6. The number of para-hydroxylation sites is 2. The van der Waals surface area contributed by atoms with Crippen molar-refractivity contribution >= 4 is 11.7 Å². The normalized spacial score (nSPS) is 21.3. The highest BCUT2D eigenvalue weighted by atomic mass is 16.5. The van der Waals surface area contributed by atoms with Gasteiger partial charge in [-0.15, -0.1) is 0 Å². The first kappa shape index (κ1) is 18.0. The van der Waals surface area contributed by atoms with E-state index in [9.17, 15) is 4.79 Å². The summed E-state index contributed by atoms with van der Waals surface area (Å²) in [6.45, 7) is 6.53. The van der Waals surface area contributed by atoms with Gasteiger partial charge in [0.2, 0.25) is 0 Å². The topological polar surface area (TPSA) is 66.1 Å². The summed E-state index contributed by atoms with van der Waals surface area (Å²) >= 11 is 0. The molecule has 2 aliphatic rings. The first-order chi connectivity index (χ1) is 12.3. The zero-order valence-corrected chi connectivity index (χ0v) is 14.9. The van der Waals surface area contributed by atoms with E-state index in [1.165, 1.54) is 6.42 Å². The van der Waals surface area contributed by atoms with Crippen molar-refractivity contribution in [1.29, 1.82) is 0 Å². The van der Waals surface area contributed by atoms with Crippen LogP contribution in [0.5, 0.6) is 5.75 Å². The van der Waals surface area contributed by atoms with Crippen molar-refractivity contribution < 1.29 is 14.3 Å². The van der Waals surface area contributed by atoms with E-state index in [0.29, 0.717) is 30.7 Å². The number of rotatable bonds is 6. The van der Waals surface area contributed by atoms with Crippen LogP contribution >= 0.6 is 0 Å². The quantitative estimate of drug-likeness (QED) is 0.757. The van der Waals surface area contributed by atoms with Gasteiger partial charge >= 0.3 is 6.03 Å². The highest BCUT2D eigenvalue weighted by Crippen LogP contribution is 2.24. The highest BCUT2D eigenvalue weighted by molar-refractivity contribution is 5.91. The maximum absolute atomic E-state index is 12.6. The van der Waals surface area contributed by atoms with Crippen LogP contribution in [0.3, 0.4) is 0 Å². The number of ether oxygens (including phenoxy) is 2. The SMILES string of the molecule is COCCOc1ccccc1NC(=O)N1CCN(C2CCNC2)CC1. The van der Waals surface area contributed by atoms with Crippen LogP contribution in [0.2, 0.25) is 0 Å². The first-order valence-electron chi connectivity index (χ1n) is 8.99. The maximum Gasteiger partial charge on any atom is 0.322 e. The molecule has 0 bridgehead atoms. The molecule has 25 heavy (non-hydrogen) atoms. The lowest BCUT2D eigenvalue weighted by molar-refractivity contribution is 0.119. The van der Waals surface area contributed by atoms with Gasteiger partial charge in [0.15, 0.2) is 0 Å². The molecule has 2 aliphatic heterocycles. The summed E-state index contributed by atoms with van der Waals surface area (Å²) < 4.78 is 10.7. The van der Waals surface area contributed by atoms with Gasteiger partial charge in [0, 0.05) is 45.9 Å². The monoisotopic (exact) mass is 348 g/mol. The molecule has 2 heterocycles. The minimum Gasteiger partial charge on any atom is -0.489 e. The molecule has 0 radical (unpaired) electrons. The van der Waals surface area contributed by atoms with Crippen LogP contribution in [0.25, 0.3) is 0 Å². The lowest BCUT2D eigenvalue weighted by atomic mass is 10.2. The van der Waals surface area contributed by atoms with Crippen molar-refractivity contribution in [2.24, 2.45) is 0 Å². The Balaban J connectivity index is 1.51. The number of hydrogen-bond donors (Lipinski definition) is 2. The number of anilines is 1. The van der Waals surface area contributed by atoms with E-state index in [4.69, 9.17) is 9.47 Å². The molecule has 1 aromatic rings. The van der Waals surface area contributed by atoms with Gasteiger partial charge in [-0.3, -0.25) is 4.90 Å². The molecule has 3 rings (SSSR count). The van der Waals surface area contributed by atoms with E-state index in [1.54, 1.807) is 7.11 Å². The second-order valence-corrected chi connectivity index (χ2v) is 6.44. The average molecular weight is 348 g/mol. The number of urea groups is 1. The fourth-order valence-electron chi connectivity index (χ4n) is 3.37. The third-order valence-electron chi connectivity index (χ3n) is 4.83. The van der Waals surface area contributed by atoms with Crippen molar-refractivity contribution in [2.75, 3.05) is 64.9 Å². The summed E-state index contributed by atoms with van der Waals surface area (Å²) in [5.41, 5.74) is 0.700. The number of benzene rings is 1. The second kappa shape index (κ2) is 9.03. The van der Waals surface area contributed by atoms with Crippen LogP contribution in [0, 0.1) is 0 Å². The lowest BCUT2D eigenvalue weighted by Gasteiger charge is -2.37. The molecule has 0 saturated carbocycles. The van der Waals surface area contributed by atoms with Crippen molar-refractivity contribution in [2.45, 2.75) is 12.5 Å². The highest BCUT2D eigenvalue weighted by Gasteiger charge is 2.27. The lowest BCUT2D eigenvalue weighted by Crippen LogP contribution is -2.53. The summed E-state index contributed by atoms with van der Waals surface area (Å²) in [5, 5.41) is 6.39. The van der Waals surface area contributed by atoms with Gasteiger partial charge in [0.25, 0.3) is 0 Å². The molecule has 2 amide bonds. The zero-order valence-electron chi connectivity index (χ0n) is 14.9. The average Bonchev–Trinajstić information content (AvgIpc) is 3.18.